The molecule has 0 aliphatic heterocycles. The lowest BCUT2D eigenvalue weighted by atomic mass is 9.95. The fraction of sp³-hybridized carbons (Fsp3) is 0.917. The van der Waals surface area contributed by atoms with E-state index in [1.54, 1.807) is 11.8 Å². The van der Waals surface area contributed by atoms with Crippen molar-refractivity contribution < 1.29 is 9.90 Å². The Morgan fingerprint density at radius 3 is 2.56 bits per heavy atom. The van der Waals surface area contributed by atoms with Crippen LogP contribution in [0.4, 0.5) is 0 Å². The average Bonchev–Trinajstić information content (AvgIpc) is 3.01. The van der Waals surface area contributed by atoms with Crippen LogP contribution < -0.4 is 5.32 Å². The molecule has 1 aliphatic carbocycles. The Morgan fingerprint density at radius 1 is 1.56 bits per heavy atom. The number of carboxylic acids is 1. The monoisotopic (exact) mass is 245 g/mol. The van der Waals surface area contributed by atoms with Crippen molar-refractivity contribution in [1.29, 1.82) is 0 Å². The lowest BCUT2D eigenvalue weighted by Crippen LogP contribution is -2.56. The summed E-state index contributed by atoms with van der Waals surface area (Å²) >= 11 is 1.74. The molecule has 2 N–H and O–H groups in total. The van der Waals surface area contributed by atoms with Crippen LogP contribution in [0.5, 0.6) is 0 Å². The summed E-state index contributed by atoms with van der Waals surface area (Å²) in [6, 6.07) is 0. The first-order valence-electron chi connectivity index (χ1n) is 6.13. The van der Waals surface area contributed by atoms with Gasteiger partial charge in [0.1, 0.15) is 5.54 Å². The highest BCUT2D eigenvalue weighted by atomic mass is 32.2. The SMILES string of the molecule is CCCNC(CSC(C)C)(C(=O)O)C1CC1. The van der Waals surface area contributed by atoms with Crippen molar-refractivity contribution in [1.82, 2.24) is 5.32 Å². The maximum atomic E-state index is 11.5. The molecule has 0 heterocycles. The number of hydrogen-bond acceptors (Lipinski definition) is 3. The lowest BCUT2D eigenvalue weighted by Gasteiger charge is -2.31. The molecule has 0 aromatic heterocycles. The molecule has 1 saturated carbocycles. The highest BCUT2D eigenvalue weighted by Gasteiger charge is 2.50. The molecule has 1 aliphatic rings. The second kappa shape index (κ2) is 5.92. The molecule has 1 rings (SSSR count). The molecule has 1 fully saturated rings. The van der Waals surface area contributed by atoms with Crippen LogP contribution in [0.3, 0.4) is 0 Å². The zero-order valence-corrected chi connectivity index (χ0v) is 11.3. The summed E-state index contributed by atoms with van der Waals surface area (Å²) < 4.78 is 0. The van der Waals surface area contributed by atoms with Crippen molar-refractivity contribution in [3.8, 4) is 0 Å². The molecule has 0 aromatic carbocycles. The summed E-state index contributed by atoms with van der Waals surface area (Å²) in [7, 11) is 0. The summed E-state index contributed by atoms with van der Waals surface area (Å²) in [6.07, 6.45) is 3.09. The van der Waals surface area contributed by atoms with Gasteiger partial charge < -0.3 is 10.4 Å². The number of nitrogens with one attached hydrogen (secondary N) is 1. The van der Waals surface area contributed by atoms with Gasteiger partial charge in [-0.2, -0.15) is 11.8 Å². The Balaban J connectivity index is 2.66. The van der Waals surface area contributed by atoms with Crippen molar-refractivity contribution in [2.24, 2.45) is 5.92 Å². The van der Waals surface area contributed by atoms with Crippen LogP contribution in [0.25, 0.3) is 0 Å². The van der Waals surface area contributed by atoms with Crippen LogP contribution in [-0.4, -0.2) is 34.2 Å². The van der Waals surface area contributed by atoms with Gasteiger partial charge in [-0.05, 0) is 37.0 Å². The van der Waals surface area contributed by atoms with Gasteiger partial charge in [0.15, 0.2) is 0 Å². The Morgan fingerprint density at radius 2 is 2.19 bits per heavy atom. The smallest absolute Gasteiger partial charge is 0.325 e. The van der Waals surface area contributed by atoms with Crippen LogP contribution in [-0.2, 0) is 4.79 Å². The highest BCUT2D eigenvalue weighted by Crippen LogP contribution is 2.42. The van der Waals surface area contributed by atoms with E-state index in [4.69, 9.17) is 0 Å². The molecular formula is C12H23NO2S. The second-order valence-electron chi connectivity index (χ2n) is 4.84. The van der Waals surface area contributed by atoms with E-state index in [1.165, 1.54) is 0 Å². The Labute approximate surface area is 102 Å². The molecule has 1 atom stereocenters. The Kier molecular flexibility index (Phi) is 5.12. The minimum Gasteiger partial charge on any atom is -0.480 e. The van der Waals surface area contributed by atoms with E-state index in [2.05, 4.69) is 26.1 Å². The van der Waals surface area contributed by atoms with Gasteiger partial charge in [-0.3, -0.25) is 4.79 Å². The largest absolute Gasteiger partial charge is 0.480 e. The zero-order chi connectivity index (χ0) is 12.2. The van der Waals surface area contributed by atoms with Gasteiger partial charge in [0.05, 0.1) is 0 Å². The minimum absolute atomic E-state index is 0.336. The summed E-state index contributed by atoms with van der Waals surface area (Å²) in [4.78, 5) is 11.5. The minimum atomic E-state index is -0.676. The van der Waals surface area contributed by atoms with Gasteiger partial charge in [-0.1, -0.05) is 20.8 Å². The van der Waals surface area contributed by atoms with E-state index >= 15 is 0 Å². The summed E-state index contributed by atoms with van der Waals surface area (Å²) in [5, 5.41) is 13.3. The van der Waals surface area contributed by atoms with Gasteiger partial charge in [-0.15, -0.1) is 0 Å². The Bertz CT molecular complexity index is 241. The van der Waals surface area contributed by atoms with E-state index in [9.17, 15) is 9.90 Å². The molecule has 0 aromatic rings. The van der Waals surface area contributed by atoms with Crippen molar-refractivity contribution in [3.63, 3.8) is 0 Å². The van der Waals surface area contributed by atoms with E-state index in [0.717, 1.165) is 25.8 Å². The molecule has 16 heavy (non-hydrogen) atoms. The number of rotatable bonds is 8. The molecule has 4 heteroatoms. The van der Waals surface area contributed by atoms with Gasteiger partial charge in [-0.25, -0.2) is 0 Å². The van der Waals surface area contributed by atoms with Crippen molar-refractivity contribution in [2.75, 3.05) is 12.3 Å². The first-order chi connectivity index (χ1) is 7.53. The van der Waals surface area contributed by atoms with Crippen LogP contribution >= 0.6 is 11.8 Å². The zero-order valence-electron chi connectivity index (χ0n) is 10.5. The highest BCUT2D eigenvalue weighted by molar-refractivity contribution is 7.99. The third-order valence-corrected chi connectivity index (χ3v) is 4.28. The van der Waals surface area contributed by atoms with E-state index < -0.39 is 11.5 Å². The maximum Gasteiger partial charge on any atom is 0.325 e. The number of hydrogen-bond donors (Lipinski definition) is 2. The third-order valence-electron chi connectivity index (χ3n) is 2.99. The van der Waals surface area contributed by atoms with Crippen molar-refractivity contribution in [2.45, 2.75) is 50.8 Å². The predicted octanol–water partition coefficient (Wildman–Crippen LogP) is 2.36. The van der Waals surface area contributed by atoms with Gasteiger partial charge in [0.25, 0.3) is 0 Å². The predicted molar refractivity (Wildman–Crippen MR) is 69.0 cm³/mol. The van der Waals surface area contributed by atoms with Crippen molar-refractivity contribution >= 4 is 17.7 Å². The second-order valence-corrected chi connectivity index (χ2v) is 6.40. The van der Waals surface area contributed by atoms with E-state index in [1.807, 2.05) is 0 Å². The molecule has 1 unspecified atom stereocenters. The molecule has 0 amide bonds. The van der Waals surface area contributed by atoms with Gasteiger partial charge in [0, 0.05) is 5.75 Å². The molecule has 0 radical (unpaired) electrons. The van der Waals surface area contributed by atoms with Gasteiger partial charge in [0.2, 0.25) is 0 Å². The number of aliphatic carboxylic acids is 1. The van der Waals surface area contributed by atoms with Crippen LogP contribution in [0.1, 0.15) is 40.0 Å². The van der Waals surface area contributed by atoms with Crippen molar-refractivity contribution in [3.05, 3.63) is 0 Å². The number of carboxylic acid groups (broad SMARTS) is 1. The molecular weight excluding hydrogens is 222 g/mol. The topological polar surface area (TPSA) is 49.3 Å². The summed E-state index contributed by atoms with van der Waals surface area (Å²) in [6.45, 7) is 7.09. The first kappa shape index (κ1) is 13.8. The van der Waals surface area contributed by atoms with E-state index in [0.29, 0.717) is 16.9 Å². The normalized spacial score (nSPS) is 19.8. The summed E-state index contributed by atoms with van der Waals surface area (Å²) in [5.41, 5.74) is -0.676. The standard InChI is InChI=1S/C12H23NO2S/c1-4-7-13-12(11(14)15,10-5-6-10)8-16-9(2)3/h9-10,13H,4-8H2,1-3H3,(H,14,15). The average molecular weight is 245 g/mol. The van der Waals surface area contributed by atoms with Crippen LogP contribution in [0.2, 0.25) is 0 Å². The molecule has 0 spiro atoms. The van der Waals surface area contributed by atoms with Gasteiger partial charge >= 0.3 is 5.97 Å². The molecule has 94 valence electrons. The quantitative estimate of drug-likeness (QED) is 0.689. The molecule has 0 bridgehead atoms. The fourth-order valence-corrected chi connectivity index (χ4v) is 2.90. The molecule has 0 saturated heterocycles. The lowest BCUT2D eigenvalue weighted by molar-refractivity contribution is -0.144. The maximum absolute atomic E-state index is 11.5. The number of carbonyl (C=O) groups is 1. The summed E-state index contributed by atoms with van der Waals surface area (Å²) in [5.74, 6) is 0.351. The number of thioether (sulfide) groups is 1. The van der Waals surface area contributed by atoms with Crippen LogP contribution in [0.15, 0.2) is 0 Å². The van der Waals surface area contributed by atoms with Crippen LogP contribution in [0, 0.1) is 5.92 Å². The third kappa shape index (κ3) is 3.39. The molecule has 3 nitrogen and oxygen atoms in total. The Hall–Kier alpha value is -0.220. The first-order valence-corrected chi connectivity index (χ1v) is 7.17. The van der Waals surface area contributed by atoms with E-state index in [-0.39, 0.29) is 0 Å². The fourth-order valence-electron chi connectivity index (χ4n) is 1.85.